The minimum Gasteiger partial charge on any atom is -0.494 e. The molecule has 1 atom stereocenters. The zero-order valence-electron chi connectivity index (χ0n) is 12.8. The Kier molecular flexibility index (Phi) is 5.19. The molecule has 3 nitrogen and oxygen atoms in total. The Morgan fingerprint density at radius 3 is 2.71 bits per heavy atom. The van der Waals surface area contributed by atoms with Gasteiger partial charge in [-0.15, -0.1) is 0 Å². The molecule has 1 aromatic carbocycles. The van der Waals surface area contributed by atoms with Crippen LogP contribution in [0, 0.1) is 5.92 Å². The van der Waals surface area contributed by atoms with Gasteiger partial charge in [0.2, 0.25) is 0 Å². The number of hydrogen-bond acceptors (Lipinski definition) is 3. The number of halogens is 1. The van der Waals surface area contributed by atoms with Gasteiger partial charge in [0.05, 0.1) is 6.61 Å². The van der Waals surface area contributed by atoms with E-state index in [1.165, 1.54) is 24.8 Å². The number of piperazine rings is 1. The Labute approximate surface area is 136 Å². The van der Waals surface area contributed by atoms with E-state index >= 15 is 0 Å². The second-order valence-electron chi connectivity index (χ2n) is 6.04. The Hall–Kier alpha value is -0.580. The largest absolute Gasteiger partial charge is 0.494 e. The van der Waals surface area contributed by atoms with Crippen LogP contribution in [-0.4, -0.2) is 37.7 Å². The molecule has 4 heteroatoms. The molecule has 1 heterocycles. The summed E-state index contributed by atoms with van der Waals surface area (Å²) in [6, 6.07) is 7.00. The van der Waals surface area contributed by atoms with E-state index in [9.17, 15) is 0 Å². The molecule has 2 fully saturated rings. The van der Waals surface area contributed by atoms with Crippen molar-refractivity contribution in [3.8, 4) is 5.75 Å². The minimum absolute atomic E-state index is 0.514. The molecule has 0 unspecified atom stereocenters. The summed E-state index contributed by atoms with van der Waals surface area (Å²) in [5.41, 5.74) is 1.37. The number of rotatable bonds is 5. The number of ether oxygens (including phenoxy) is 1. The highest BCUT2D eigenvalue weighted by molar-refractivity contribution is 9.10. The fourth-order valence-corrected chi connectivity index (χ4v) is 3.88. The van der Waals surface area contributed by atoms with Crippen molar-refractivity contribution in [2.45, 2.75) is 32.2 Å². The summed E-state index contributed by atoms with van der Waals surface area (Å²) >= 11 is 3.64. The number of hydrogen-bond donors (Lipinski definition) is 1. The first-order valence-electron chi connectivity index (χ1n) is 8.16. The van der Waals surface area contributed by atoms with Crippen LogP contribution in [0.4, 0.5) is 0 Å². The monoisotopic (exact) mass is 352 g/mol. The molecule has 0 amide bonds. The number of nitrogens with one attached hydrogen (secondary N) is 1. The summed E-state index contributed by atoms with van der Waals surface area (Å²) in [6.45, 7) is 7.27. The second-order valence-corrected chi connectivity index (χ2v) is 6.95. The van der Waals surface area contributed by atoms with Gasteiger partial charge in [-0.2, -0.15) is 0 Å². The van der Waals surface area contributed by atoms with Crippen LogP contribution in [0.3, 0.4) is 0 Å². The zero-order valence-corrected chi connectivity index (χ0v) is 14.4. The lowest BCUT2D eigenvalue weighted by Gasteiger charge is -2.43. The molecule has 0 aromatic heterocycles. The van der Waals surface area contributed by atoms with Gasteiger partial charge in [-0.25, -0.2) is 0 Å². The maximum atomic E-state index is 5.92. The second kappa shape index (κ2) is 7.12. The first-order chi connectivity index (χ1) is 10.3. The maximum Gasteiger partial charge on any atom is 0.124 e. The van der Waals surface area contributed by atoms with Crippen molar-refractivity contribution in [1.29, 1.82) is 0 Å². The lowest BCUT2D eigenvalue weighted by atomic mass is 9.76. The van der Waals surface area contributed by atoms with E-state index < -0.39 is 0 Å². The molecular weight excluding hydrogens is 328 g/mol. The van der Waals surface area contributed by atoms with Crippen molar-refractivity contribution in [2.24, 2.45) is 5.92 Å². The predicted molar refractivity (Wildman–Crippen MR) is 89.8 cm³/mol. The van der Waals surface area contributed by atoms with E-state index in [4.69, 9.17) is 4.74 Å². The fourth-order valence-electron chi connectivity index (χ4n) is 3.50. The molecule has 1 N–H and O–H groups in total. The molecule has 116 valence electrons. The van der Waals surface area contributed by atoms with Gasteiger partial charge in [0, 0.05) is 42.3 Å². The summed E-state index contributed by atoms with van der Waals surface area (Å²) in [5, 5.41) is 3.46. The Morgan fingerprint density at radius 2 is 2.10 bits per heavy atom. The molecule has 3 rings (SSSR count). The normalized spacial score (nSPS) is 21.8. The lowest BCUT2D eigenvalue weighted by Crippen LogP contribution is -2.47. The molecule has 1 aromatic rings. The molecule has 1 saturated carbocycles. The van der Waals surface area contributed by atoms with Crippen LogP contribution in [0.5, 0.6) is 5.75 Å². The summed E-state index contributed by atoms with van der Waals surface area (Å²) < 4.78 is 7.07. The summed E-state index contributed by atoms with van der Waals surface area (Å²) in [6.07, 6.45) is 4.09. The highest BCUT2D eigenvalue weighted by atomic mass is 79.9. The van der Waals surface area contributed by atoms with Crippen molar-refractivity contribution in [3.05, 3.63) is 28.2 Å². The van der Waals surface area contributed by atoms with Gasteiger partial charge in [0.1, 0.15) is 5.75 Å². The van der Waals surface area contributed by atoms with Gasteiger partial charge in [-0.3, -0.25) is 4.90 Å². The summed E-state index contributed by atoms with van der Waals surface area (Å²) in [4.78, 5) is 2.66. The Balaban J connectivity index is 1.92. The summed E-state index contributed by atoms with van der Waals surface area (Å²) in [5.74, 6) is 1.85. The molecule has 21 heavy (non-hydrogen) atoms. The summed E-state index contributed by atoms with van der Waals surface area (Å²) in [7, 11) is 0. The Morgan fingerprint density at radius 1 is 1.33 bits per heavy atom. The Bertz CT molecular complexity index is 470. The van der Waals surface area contributed by atoms with Crippen molar-refractivity contribution < 1.29 is 4.74 Å². The van der Waals surface area contributed by atoms with E-state index in [0.29, 0.717) is 6.04 Å². The maximum absolute atomic E-state index is 5.92. The predicted octanol–water partition coefficient (Wildman–Crippen LogP) is 3.59. The van der Waals surface area contributed by atoms with Crippen LogP contribution < -0.4 is 10.1 Å². The highest BCUT2D eigenvalue weighted by Crippen LogP contribution is 2.45. The van der Waals surface area contributed by atoms with Crippen molar-refractivity contribution >= 4 is 15.9 Å². The third-order valence-corrected chi connectivity index (χ3v) is 5.22. The highest BCUT2D eigenvalue weighted by Gasteiger charge is 2.35. The van der Waals surface area contributed by atoms with Crippen LogP contribution >= 0.6 is 15.9 Å². The molecule has 2 aliphatic rings. The average molecular weight is 353 g/mol. The topological polar surface area (TPSA) is 24.5 Å². The molecule has 1 aliphatic heterocycles. The SMILES string of the molecule is CCOc1ccc(Br)cc1[C@@H](C1CCC1)N1CCNCC1. The molecule has 1 aliphatic carbocycles. The van der Waals surface area contributed by atoms with Crippen LogP contribution in [0.25, 0.3) is 0 Å². The molecular formula is C17H25BrN2O. The van der Waals surface area contributed by atoms with E-state index in [-0.39, 0.29) is 0 Å². The van der Waals surface area contributed by atoms with E-state index in [1.807, 2.05) is 0 Å². The number of nitrogens with zero attached hydrogens (tertiary/aromatic N) is 1. The number of benzene rings is 1. The van der Waals surface area contributed by atoms with Crippen LogP contribution in [0.1, 0.15) is 37.8 Å². The van der Waals surface area contributed by atoms with Crippen LogP contribution in [0.15, 0.2) is 22.7 Å². The molecule has 0 radical (unpaired) electrons. The van der Waals surface area contributed by atoms with Gasteiger partial charge in [-0.1, -0.05) is 22.4 Å². The van der Waals surface area contributed by atoms with Gasteiger partial charge < -0.3 is 10.1 Å². The third-order valence-electron chi connectivity index (χ3n) is 4.73. The first-order valence-corrected chi connectivity index (χ1v) is 8.96. The van der Waals surface area contributed by atoms with Gasteiger partial charge in [0.25, 0.3) is 0 Å². The smallest absolute Gasteiger partial charge is 0.124 e. The fraction of sp³-hybridized carbons (Fsp3) is 0.647. The zero-order chi connectivity index (χ0) is 14.7. The van der Waals surface area contributed by atoms with E-state index in [2.05, 4.69) is 51.3 Å². The van der Waals surface area contributed by atoms with Crippen molar-refractivity contribution in [2.75, 3.05) is 32.8 Å². The van der Waals surface area contributed by atoms with E-state index in [1.54, 1.807) is 0 Å². The van der Waals surface area contributed by atoms with Gasteiger partial charge in [-0.05, 0) is 43.9 Å². The standard InChI is InChI=1S/C17H25BrN2O/c1-2-21-16-7-6-14(18)12-15(16)17(13-4-3-5-13)20-10-8-19-9-11-20/h6-7,12-13,17,19H,2-5,8-11H2,1H3/t17-/m1/s1. The average Bonchev–Trinajstić information content (AvgIpc) is 2.46. The van der Waals surface area contributed by atoms with Crippen LogP contribution in [-0.2, 0) is 0 Å². The third kappa shape index (κ3) is 3.43. The lowest BCUT2D eigenvalue weighted by molar-refractivity contribution is 0.0813. The van der Waals surface area contributed by atoms with Crippen molar-refractivity contribution in [1.82, 2.24) is 10.2 Å². The first kappa shape index (κ1) is 15.3. The molecule has 0 spiro atoms. The minimum atomic E-state index is 0.514. The van der Waals surface area contributed by atoms with Crippen molar-refractivity contribution in [3.63, 3.8) is 0 Å². The van der Waals surface area contributed by atoms with Crippen LogP contribution in [0.2, 0.25) is 0 Å². The van der Waals surface area contributed by atoms with Gasteiger partial charge in [0.15, 0.2) is 0 Å². The molecule has 0 bridgehead atoms. The molecule has 1 saturated heterocycles. The quantitative estimate of drug-likeness (QED) is 0.876. The van der Waals surface area contributed by atoms with Gasteiger partial charge >= 0.3 is 0 Å². The van der Waals surface area contributed by atoms with E-state index in [0.717, 1.165) is 48.9 Å².